The zero-order valence-corrected chi connectivity index (χ0v) is 9.80. The molecule has 78 valence electrons. The molecule has 0 N–H and O–H groups in total. The maximum absolute atomic E-state index is 2.97. The van der Waals surface area contributed by atoms with Gasteiger partial charge in [-0.15, -0.1) is 0 Å². The van der Waals surface area contributed by atoms with Gasteiger partial charge >= 0.3 is 0 Å². The van der Waals surface area contributed by atoms with Crippen LogP contribution < -0.4 is 0 Å². The van der Waals surface area contributed by atoms with Crippen LogP contribution in [-0.2, 0) is 0 Å². The zero-order chi connectivity index (χ0) is 11.1. The molecule has 0 heterocycles. The monoisotopic (exact) mass is 198 g/mol. The Kier molecular flexibility index (Phi) is 4.71. The van der Waals surface area contributed by atoms with Gasteiger partial charge < -0.3 is 0 Å². The molecule has 0 atom stereocenters. The molecule has 0 saturated heterocycles. The first-order chi connectivity index (χ1) is 7.18. The lowest BCUT2D eigenvalue weighted by atomic mass is 10.1. The van der Waals surface area contributed by atoms with Crippen LogP contribution in [0.2, 0.25) is 0 Å². The Morgan fingerprint density at radius 3 is 1.73 bits per heavy atom. The van der Waals surface area contributed by atoms with Crippen molar-refractivity contribution in [1.82, 2.24) is 0 Å². The minimum atomic E-state index is 1.15. The first kappa shape index (κ1) is 11.6. The molecule has 0 fully saturated rings. The van der Waals surface area contributed by atoms with E-state index in [1.807, 2.05) is 26.0 Å². The fraction of sp³-hybridized carbons (Fsp3) is 0.333. The van der Waals surface area contributed by atoms with Gasteiger partial charge in [-0.05, 0) is 44.8 Å². The second-order valence-corrected chi connectivity index (χ2v) is 3.88. The predicted molar refractivity (Wildman–Crippen MR) is 66.7 cm³/mol. The van der Waals surface area contributed by atoms with Crippen molar-refractivity contribution in [3.05, 3.63) is 58.6 Å². The molecule has 0 amide bonds. The molecule has 0 nitrogen and oxygen atoms in total. The Morgan fingerprint density at radius 2 is 1.47 bits per heavy atom. The molecule has 0 aromatic carbocycles. The van der Waals surface area contributed by atoms with E-state index in [0.29, 0.717) is 0 Å². The minimum absolute atomic E-state index is 1.15. The van der Waals surface area contributed by atoms with E-state index in [9.17, 15) is 0 Å². The lowest BCUT2D eigenvalue weighted by molar-refractivity contribution is 1.02. The Balaban J connectivity index is 0.000000151. The highest BCUT2D eigenvalue weighted by atomic mass is 13.9. The summed E-state index contributed by atoms with van der Waals surface area (Å²) in [4.78, 5) is 0. The zero-order valence-electron chi connectivity index (χ0n) is 9.80. The van der Waals surface area contributed by atoms with Crippen molar-refractivity contribution < 1.29 is 0 Å². The van der Waals surface area contributed by atoms with Gasteiger partial charge in [-0.1, -0.05) is 47.4 Å². The molecule has 0 heteroatoms. The highest BCUT2D eigenvalue weighted by molar-refractivity contribution is 5.29. The Bertz CT molecular complexity index is 377. The molecule has 0 unspecified atom stereocenters. The van der Waals surface area contributed by atoms with Gasteiger partial charge in [0, 0.05) is 0 Å². The highest BCUT2D eigenvalue weighted by Crippen LogP contribution is 2.06. The van der Waals surface area contributed by atoms with E-state index in [-0.39, 0.29) is 0 Å². The first-order valence-corrected chi connectivity index (χ1v) is 5.39. The number of hydrogen-bond acceptors (Lipinski definition) is 0. The summed E-state index contributed by atoms with van der Waals surface area (Å²) in [5, 5.41) is 0. The summed E-state index contributed by atoms with van der Waals surface area (Å²) in [6, 6.07) is 0. The fourth-order valence-corrected chi connectivity index (χ4v) is 1.27. The first-order valence-electron chi connectivity index (χ1n) is 5.39. The van der Waals surface area contributed by atoms with Gasteiger partial charge in [0.2, 0.25) is 0 Å². The minimum Gasteiger partial charge on any atom is -0.0840 e. The van der Waals surface area contributed by atoms with Crippen molar-refractivity contribution in [2.45, 2.75) is 33.6 Å². The van der Waals surface area contributed by atoms with E-state index >= 15 is 0 Å². The summed E-state index contributed by atoms with van der Waals surface area (Å²) in [5.74, 6) is 0. The summed E-state index contributed by atoms with van der Waals surface area (Å²) < 4.78 is 0. The van der Waals surface area contributed by atoms with Crippen molar-refractivity contribution in [2.24, 2.45) is 0 Å². The van der Waals surface area contributed by atoms with E-state index < -0.39 is 0 Å². The van der Waals surface area contributed by atoms with Crippen molar-refractivity contribution in [2.75, 3.05) is 0 Å². The van der Waals surface area contributed by atoms with Gasteiger partial charge in [0.1, 0.15) is 0 Å². The number of allylic oxidation sites excluding steroid dienone is 8. The number of rotatable bonds is 0. The third kappa shape index (κ3) is 5.08. The third-order valence-electron chi connectivity index (χ3n) is 2.22. The molecule has 0 aliphatic heterocycles. The quantitative estimate of drug-likeness (QED) is 0.503. The summed E-state index contributed by atoms with van der Waals surface area (Å²) in [5.41, 5.74) is 9.66. The van der Waals surface area contributed by atoms with Gasteiger partial charge in [-0.25, -0.2) is 0 Å². The maximum Gasteiger partial charge on any atom is -0.000683 e. The fourth-order valence-electron chi connectivity index (χ4n) is 1.27. The lowest BCUT2D eigenvalue weighted by Crippen LogP contribution is -1.76. The van der Waals surface area contributed by atoms with Gasteiger partial charge in [0.25, 0.3) is 0 Å². The van der Waals surface area contributed by atoms with Gasteiger partial charge in [-0.2, -0.15) is 0 Å². The Morgan fingerprint density at radius 1 is 0.867 bits per heavy atom. The lowest BCUT2D eigenvalue weighted by Gasteiger charge is -1.96. The van der Waals surface area contributed by atoms with E-state index in [0.717, 1.165) is 11.1 Å². The molecule has 0 saturated carbocycles. The molecule has 0 spiro atoms. The van der Waals surface area contributed by atoms with Crippen molar-refractivity contribution in [1.29, 1.82) is 0 Å². The summed E-state index contributed by atoms with van der Waals surface area (Å²) in [6.07, 6.45) is 13.2. The highest BCUT2D eigenvalue weighted by Gasteiger charge is 1.86. The molecular formula is C15H18. The van der Waals surface area contributed by atoms with Crippen LogP contribution in [0.5, 0.6) is 0 Å². The molecule has 0 bridgehead atoms. The van der Waals surface area contributed by atoms with Crippen LogP contribution in [0.1, 0.15) is 33.6 Å². The number of hydrogen-bond donors (Lipinski definition) is 0. The van der Waals surface area contributed by atoms with Crippen LogP contribution >= 0.6 is 0 Å². The molecule has 0 aromatic rings. The standard InChI is InChI=1S/C8H8.C7H10/c1-7-3-5-8(2)6-4-7;1-7-5-3-2-4-6-7/h3,5H,1-2H3;3,5-6H,2,4H2,1H3. The van der Waals surface area contributed by atoms with Crippen LogP contribution in [0.25, 0.3) is 0 Å². The van der Waals surface area contributed by atoms with E-state index in [4.69, 9.17) is 0 Å². The van der Waals surface area contributed by atoms with E-state index in [2.05, 4.69) is 36.6 Å². The molecule has 2 aliphatic carbocycles. The van der Waals surface area contributed by atoms with Crippen LogP contribution in [0.15, 0.2) is 58.6 Å². The summed E-state index contributed by atoms with van der Waals surface area (Å²) >= 11 is 0. The van der Waals surface area contributed by atoms with Gasteiger partial charge in [0.15, 0.2) is 0 Å². The molecule has 2 rings (SSSR count). The average molecular weight is 198 g/mol. The third-order valence-corrected chi connectivity index (χ3v) is 2.22. The topological polar surface area (TPSA) is 0 Å². The smallest absolute Gasteiger partial charge is 0.000683 e. The molecule has 0 aromatic heterocycles. The summed E-state index contributed by atoms with van der Waals surface area (Å²) in [7, 11) is 0. The largest absolute Gasteiger partial charge is 0.0840 e. The summed E-state index contributed by atoms with van der Waals surface area (Å²) in [6.45, 7) is 6.15. The molecular weight excluding hydrogens is 180 g/mol. The molecule has 15 heavy (non-hydrogen) atoms. The van der Waals surface area contributed by atoms with Crippen molar-refractivity contribution in [3.63, 3.8) is 0 Å². The van der Waals surface area contributed by atoms with Crippen LogP contribution in [0.4, 0.5) is 0 Å². The maximum atomic E-state index is 2.97. The Labute approximate surface area is 92.7 Å². The Hall–Kier alpha value is -1.48. The van der Waals surface area contributed by atoms with E-state index in [1.165, 1.54) is 18.4 Å². The second-order valence-electron chi connectivity index (χ2n) is 3.88. The van der Waals surface area contributed by atoms with Crippen molar-refractivity contribution in [3.8, 4) is 0 Å². The van der Waals surface area contributed by atoms with Gasteiger partial charge in [-0.3, -0.25) is 0 Å². The van der Waals surface area contributed by atoms with Crippen LogP contribution in [0.3, 0.4) is 0 Å². The van der Waals surface area contributed by atoms with Crippen molar-refractivity contribution >= 4 is 0 Å². The van der Waals surface area contributed by atoms with Crippen LogP contribution in [0, 0.1) is 0 Å². The normalized spacial score (nSPS) is 17.4. The second kappa shape index (κ2) is 6.09. The van der Waals surface area contributed by atoms with Gasteiger partial charge in [0.05, 0.1) is 0 Å². The molecule has 2 aliphatic rings. The molecule has 0 radical (unpaired) electrons. The van der Waals surface area contributed by atoms with E-state index in [1.54, 1.807) is 0 Å². The predicted octanol–water partition coefficient (Wildman–Crippen LogP) is 4.49. The average Bonchev–Trinajstić information content (AvgIpc) is 2.25. The van der Waals surface area contributed by atoms with Crippen LogP contribution in [-0.4, -0.2) is 0 Å². The SMILES string of the molecule is CC1=C=C=C(C)C=C1.CC1=CCCC=C1.